The van der Waals surface area contributed by atoms with Crippen LogP contribution in [0.2, 0.25) is 0 Å². The van der Waals surface area contributed by atoms with Crippen molar-refractivity contribution in [2.75, 3.05) is 6.61 Å². The van der Waals surface area contributed by atoms with E-state index in [1.165, 1.54) is 27.7 Å². The fourth-order valence-electron chi connectivity index (χ4n) is 3.37. The molecule has 0 aliphatic carbocycles. The zero-order chi connectivity index (χ0) is 20.4. The molecule has 0 fully saturated rings. The molecule has 2 atom stereocenters. The Balaban J connectivity index is 3.99. The smallest absolute Gasteiger partial charge is 0.433 e. The average Bonchev–Trinajstić information content (AvgIpc) is 2.50. The molecule has 2 unspecified atom stereocenters. The van der Waals surface area contributed by atoms with Crippen LogP contribution in [-0.4, -0.2) is 42.9 Å². The summed E-state index contributed by atoms with van der Waals surface area (Å²) in [5, 5.41) is 11.9. The summed E-state index contributed by atoms with van der Waals surface area (Å²) in [7, 11) is 0. The second-order valence-corrected chi connectivity index (χ2v) is 5.99. The molecule has 0 amide bonds. The maximum absolute atomic E-state index is 13.6. The lowest BCUT2D eigenvalue weighted by molar-refractivity contribution is -0.321. The minimum absolute atomic E-state index is 0.289. The molecule has 0 spiro atoms. The SMILES string of the molecule is CCOC(=O)C1=C(CC)C(C(=O)[O-])(C(C)C)C(C(F)F)N=C1C(F)(F)F. The van der Waals surface area contributed by atoms with Crippen molar-refractivity contribution < 1.29 is 41.4 Å². The van der Waals surface area contributed by atoms with Gasteiger partial charge in [0.25, 0.3) is 6.43 Å². The Morgan fingerprint density at radius 1 is 1.27 bits per heavy atom. The van der Waals surface area contributed by atoms with Gasteiger partial charge in [-0.05, 0) is 24.8 Å². The van der Waals surface area contributed by atoms with Gasteiger partial charge in [-0.1, -0.05) is 20.8 Å². The minimum atomic E-state index is -5.25. The maximum atomic E-state index is 13.6. The lowest BCUT2D eigenvalue weighted by Crippen LogP contribution is -2.59. The molecule has 0 saturated heterocycles. The zero-order valence-electron chi connectivity index (χ0n) is 14.6. The summed E-state index contributed by atoms with van der Waals surface area (Å²) in [6.07, 6.45) is -9.17. The molecule has 1 aliphatic rings. The number of alkyl halides is 5. The Hall–Kier alpha value is -2.00. The summed E-state index contributed by atoms with van der Waals surface area (Å²) in [6, 6.07) is -2.54. The van der Waals surface area contributed by atoms with Gasteiger partial charge in [0.2, 0.25) is 0 Å². The molecule has 0 aromatic rings. The third kappa shape index (κ3) is 3.45. The molecule has 0 N–H and O–H groups in total. The Morgan fingerprint density at radius 2 is 1.81 bits per heavy atom. The van der Waals surface area contributed by atoms with Gasteiger partial charge in [-0.25, -0.2) is 13.6 Å². The summed E-state index contributed by atoms with van der Waals surface area (Å²) < 4.78 is 72.0. The Labute approximate surface area is 146 Å². The molecular formula is C16H19F5NO4-. The quantitative estimate of drug-likeness (QED) is 0.520. The van der Waals surface area contributed by atoms with Crippen LogP contribution in [0.25, 0.3) is 0 Å². The molecule has 5 nitrogen and oxygen atoms in total. The highest BCUT2D eigenvalue weighted by Crippen LogP contribution is 2.49. The molecule has 0 saturated carbocycles. The van der Waals surface area contributed by atoms with E-state index in [4.69, 9.17) is 0 Å². The number of aliphatic carboxylic acids is 1. The van der Waals surface area contributed by atoms with Crippen LogP contribution in [-0.2, 0) is 14.3 Å². The predicted octanol–water partition coefficient (Wildman–Crippen LogP) is 2.30. The van der Waals surface area contributed by atoms with Crippen LogP contribution in [0.5, 0.6) is 0 Å². The molecule has 0 aromatic carbocycles. The fourth-order valence-corrected chi connectivity index (χ4v) is 3.37. The van der Waals surface area contributed by atoms with Gasteiger partial charge in [-0.15, -0.1) is 0 Å². The zero-order valence-corrected chi connectivity index (χ0v) is 14.6. The average molecular weight is 384 g/mol. The van der Waals surface area contributed by atoms with Crippen molar-refractivity contribution in [2.45, 2.75) is 52.8 Å². The normalized spacial score (nSPS) is 24.1. The number of hydrogen-bond donors (Lipinski definition) is 0. The monoisotopic (exact) mass is 384 g/mol. The van der Waals surface area contributed by atoms with Crippen molar-refractivity contribution in [3.8, 4) is 0 Å². The third-order valence-corrected chi connectivity index (χ3v) is 4.36. The molecule has 0 aromatic heterocycles. The van der Waals surface area contributed by atoms with E-state index in [0.717, 1.165) is 0 Å². The van der Waals surface area contributed by atoms with Crippen LogP contribution < -0.4 is 5.11 Å². The van der Waals surface area contributed by atoms with E-state index in [2.05, 4.69) is 9.73 Å². The van der Waals surface area contributed by atoms with E-state index in [9.17, 15) is 36.6 Å². The number of carbonyl (C=O) groups is 2. The number of carbonyl (C=O) groups excluding carboxylic acids is 2. The van der Waals surface area contributed by atoms with E-state index < -0.39 is 65.2 Å². The van der Waals surface area contributed by atoms with E-state index >= 15 is 0 Å². The number of rotatable bonds is 6. The van der Waals surface area contributed by atoms with Crippen molar-refractivity contribution in [3.05, 3.63) is 11.1 Å². The first-order chi connectivity index (χ1) is 11.9. The number of esters is 1. The lowest BCUT2D eigenvalue weighted by atomic mass is 9.62. The highest BCUT2D eigenvalue weighted by atomic mass is 19.4. The summed E-state index contributed by atoms with van der Waals surface area (Å²) in [6.45, 7) is 4.82. The second kappa shape index (κ2) is 7.71. The van der Waals surface area contributed by atoms with Gasteiger partial charge in [-0.2, -0.15) is 13.2 Å². The Kier molecular flexibility index (Phi) is 6.54. The van der Waals surface area contributed by atoms with Gasteiger partial charge in [0, 0.05) is 0 Å². The molecule has 10 heteroatoms. The Morgan fingerprint density at radius 3 is 2.12 bits per heavy atom. The molecule has 0 bridgehead atoms. The first-order valence-electron chi connectivity index (χ1n) is 7.92. The maximum Gasteiger partial charge on any atom is 0.433 e. The largest absolute Gasteiger partial charge is 0.549 e. The Bertz CT molecular complexity index is 639. The topological polar surface area (TPSA) is 78.8 Å². The summed E-state index contributed by atoms with van der Waals surface area (Å²) >= 11 is 0. The highest BCUT2D eigenvalue weighted by molar-refractivity contribution is 6.24. The molecule has 1 heterocycles. The van der Waals surface area contributed by atoms with Crippen LogP contribution in [0.4, 0.5) is 22.0 Å². The van der Waals surface area contributed by atoms with Crippen LogP contribution in [0.1, 0.15) is 34.1 Å². The van der Waals surface area contributed by atoms with Crippen LogP contribution in [0, 0.1) is 11.3 Å². The van der Waals surface area contributed by atoms with E-state index in [1.54, 1.807) is 0 Å². The number of carboxylic acid groups (broad SMARTS) is 1. The van der Waals surface area contributed by atoms with Gasteiger partial charge in [0.05, 0.1) is 23.6 Å². The van der Waals surface area contributed by atoms with Gasteiger partial charge in [0.1, 0.15) is 6.04 Å². The third-order valence-electron chi connectivity index (χ3n) is 4.36. The van der Waals surface area contributed by atoms with Crippen molar-refractivity contribution in [3.63, 3.8) is 0 Å². The van der Waals surface area contributed by atoms with Gasteiger partial charge < -0.3 is 14.6 Å². The van der Waals surface area contributed by atoms with Crippen LogP contribution in [0.15, 0.2) is 16.1 Å². The van der Waals surface area contributed by atoms with Gasteiger partial charge in [0.15, 0.2) is 5.71 Å². The molecule has 0 radical (unpaired) electrons. The molecular weight excluding hydrogens is 365 g/mol. The number of hydrogen-bond acceptors (Lipinski definition) is 5. The van der Waals surface area contributed by atoms with Crippen molar-refractivity contribution in [1.82, 2.24) is 0 Å². The minimum Gasteiger partial charge on any atom is -0.549 e. The van der Waals surface area contributed by atoms with Gasteiger partial charge >= 0.3 is 12.1 Å². The van der Waals surface area contributed by atoms with Crippen molar-refractivity contribution >= 4 is 17.7 Å². The number of carboxylic acids is 1. The number of aliphatic imine (C=N–C) groups is 1. The number of nitrogens with zero attached hydrogens (tertiary/aromatic N) is 1. The van der Waals surface area contributed by atoms with Crippen molar-refractivity contribution in [2.24, 2.45) is 16.3 Å². The number of halogens is 5. The highest BCUT2D eigenvalue weighted by Gasteiger charge is 2.57. The molecule has 148 valence electrons. The summed E-state index contributed by atoms with van der Waals surface area (Å²) in [4.78, 5) is 27.1. The van der Waals surface area contributed by atoms with E-state index in [-0.39, 0.29) is 6.61 Å². The number of ether oxygens (including phenoxy) is 1. The van der Waals surface area contributed by atoms with Crippen LogP contribution in [0.3, 0.4) is 0 Å². The summed E-state index contributed by atoms with van der Waals surface area (Å²) in [5.74, 6) is -4.59. The standard InChI is InChI=1S/C16H20F5NO4/c1-5-8-9(13(23)26-6-2)10(16(19,20)21)22-11(12(17)18)15(8,7(3)4)14(24)25/h7,11-12H,5-6H2,1-4H3,(H,24,25)/p-1. The number of dihydropyridines is 1. The van der Waals surface area contributed by atoms with Gasteiger partial charge in [-0.3, -0.25) is 4.99 Å². The predicted molar refractivity (Wildman–Crippen MR) is 79.5 cm³/mol. The fraction of sp³-hybridized carbons (Fsp3) is 0.688. The molecule has 1 aliphatic heterocycles. The van der Waals surface area contributed by atoms with E-state index in [1.807, 2.05) is 0 Å². The summed E-state index contributed by atoms with van der Waals surface area (Å²) in [5.41, 5.74) is -6.16. The first-order valence-corrected chi connectivity index (χ1v) is 7.92. The van der Waals surface area contributed by atoms with Crippen LogP contribution >= 0.6 is 0 Å². The van der Waals surface area contributed by atoms with Crippen molar-refractivity contribution in [1.29, 1.82) is 0 Å². The first kappa shape index (κ1) is 22.0. The van der Waals surface area contributed by atoms with E-state index in [0.29, 0.717) is 0 Å². The lowest BCUT2D eigenvalue weighted by Gasteiger charge is -2.47. The molecule has 1 rings (SSSR count). The second-order valence-electron chi connectivity index (χ2n) is 5.99. The molecule has 26 heavy (non-hydrogen) atoms.